The number of ether oxygens (including phenoxy) is 2. The van der Waals surface area contributed by atoms with Crippen LogP contribution in [0.25, 0.3) is 0 Å². The van der Waals surface area contributed by atoms with Crippen LogP contribution in [0.1, 0.15) is 12.6 Å². The lowest BCUT2D eigenvalue weighted by Gasteiger charge is -2.19. The predicted molar refractivity (Wildman–Crippen MR) is 72.1 cm³/mol. The summed E-state index contributed by atoms with van der Waals surface area (Å²) in [6, 6.07) is 1.36. The SMILES string of the molecule is COC[C@H]1O[C@@H](n2ccc([N+](=O)[O-])c2)CC1OP(C)(=O)O. The smallest absolute Gasteiger partial charge is 0.325 e. The molecule has 0 aliphatic carbocycles. The van der Waals surface area contributed by atoms with E-state index in [1.54, 1.807) is 4.57 Å². The average molecular weight is 320 g/mol. The van der Waals surface area contributed by atoms with Gasteiger partial charge in [0.2, 0.25) is 0 Å². The summed E-state index contributed by atoms with van der Waals surface area (Å²) in [5, 5.41) is 10.7. The molecule has 1 N–H and O–H groups in total. The van der Waals surface area contributed by atoms with Gasteiger partial charge in [-0.25, -0.2) is 0 Å². The summed E-state index contributed by atoms with van der Waals surface area (Å²) in [7, 11) is -2.17. The predicted octanol–water partition coefficient (Wildman–Crippen LogP) is 1.53. The third-order valence-electron chi connectivity index (χ3n) is 3.08. The molecule has 1 aliphatic heterocycles. The molecule has 4 atom stereocenters. The zero-order valence-corrected chi connectivity index (χ0v) is 12.5. The Kier molecular flexibility index (Phi) is 4.80. The summed E-state index contributed by atoms with van der Waals surface area (Å²) >= 11 is 0. The Balaban J connectivity index is 2.11. The Morgan fingerprint density at radius 2 is 2.38 bits per heavy atom. The Hall–Kier alpha value is -1.25. The van der Waals surface area contributed by atoms with E-state index in [4.69, 9.17) is 14.0 Å². The van der Waals surface area contributed by atoms with E-state index in [0.29, 0.717) is 6.42 Å². The van der Waals surface area contributed by atoms with Gasteiger partial charge < -0.3 is 23.5 Å². The highest BCUT2D eigenvalue weighted by molar-refractivity contribution is 7.51. The number of nitro groups is 1. The summed E-state index contributed by atoms with van der Waals surface area (Å²) in [6.07, 6.45) is 1.55. The molecule has 0 bridgehead atoms. The third kappa shape index (κ3) is 4.12. The summed E-state index contributed by atoms with van der Waals surface area (Å²) in [6.45, 7) is 1.30. The van der Waals surface area contributed by atoms with Gasteiger partial charge in [-0.15, -0.1) is 0 Å². The molecule has 1 aliphatic rings. The molecule has 2 rings (SSSR count). The van der Waals surface area contributed by atoms with E-state index >= 15 is 0 Å². The standard InChI is InChI=1S/C11H17N2O7P/c1-18-7-10-9(20-21(2,16)17)5-11(19-10)12-4-3-8(6-12)13(14)15/h3-4,6,9-11H,5,7H2,1-2H3,(H,16,17)/t9?,10-,11-/m1/s1. The van der Waals surface area contributed by atoms with E-state index in [1.165, 1.54) is 25.6 Å². The Morgan fingerprint density at radius 3 is 2.90 bits per heavy atom. The molecular weight excluding hydrogens is 303 g/mol. The molecule has 0 aromatic carbocycles. The first-order valence-corrected chi connectivity index (χ1v) is 8.27. The van der Waals surface area contributed by atoms with Crippen molar-refractivity contribution in [3.63, 3.8) is 0 Å². The van der Waals surface area contributed by atoms with Crippen LogP contribution < -0.4 is 0 Å². The van der Waals surface area contributed by atoms with Gasteiger partial charge in [-0.1, -0.05) is 0 Å². The highest BCUT2D eigenvalue weighted by atomic mass is 31.2. The van der Waals surface area contributed by atoms with E-state index < -0.39 is 31.0 Å². The largest absolute Gasteiger partial charge is 0.382 e. The molecule has 118 valence electrons. The van der Waals surface area contributed by atoms with Gasteiger partial charge in [-0.2, -0.15) is 0 Å². The minimum atomic E-state index is -3.66. The number of rotatable bonds is 6. The molecule has 0 spiro atoms. The van der Waals surface area contributed by atoms with Gasteiger partial charge >= 0.3 is 7.60 Å². The van der Waals surface area contributed by atoms with E-state index in [1.807, 2.05) is 0 Å². The lowest BCUT2D eigenvalue weighted by Crippen LogP contribution is -2.27. The Bertz CT molecular complexity index is 555. The molecule has 2 unspecified atom stereocenters. The second kappa shape index (κ2) is 6.25. The molecule has 1 fully saturated rings. The normalized spacial score (nSPS) is 28.4. The van der Waals surface area contributed by atoms with Crippen molar-refractivity contribution < 1.29 is 28.4 Å². The number of aromatic nitrogens is 1. The van der Waals surface area contributed by atoms with Crippen molar-refractivity contribution in [2.75, 3.05) is 20.4 Å². The maximum Gasteiger partial charge on any atom is 0.325 e. The summed E-state index contributed by atoms with van der Waals surface area (Å²) in [5.41, 5.74) is -0.0467. The van der Waals surface area contributed by atoms with Gasteiger partial charge in [0.1, 0.15) is 12.3 Å². The third-order valence-corrected chi connectivity index (χ3v) is 3.75. The van der Waals surface area contributed by atoms with E-state index in [0.717, 1.165) is 6.66 Å². The zero-order chi connectivity index (χ0) is 15.6. The fraction of sp³-hybridized carbons (Fsp3) is 0.636. The van der Waals surface area contributed by atoms with Crippen molar-refractivity contribution in [1.29, 1.82) is 0 Å². The monoisotopic (exact) mass is 320 g/mol. The van der Waals surface area contributed by atoms with E-state index in [2.05, 4.69) is 0 Å². The topological polar surface area (TPSA) is 113 Å². The van der Waals surface area contributed by atoms with Crippen molar-refractivity contribution in [1.82, 2.24) is 4.57 Å². The van der Waals surface area contributed by atoms with Crippen LogP contribution in [0.3, 0.4) is 0 Å². The number of hydrogen-bond acceptors (Lipinski definition) is 6. The fourth-order valence-corrected chi connectivity index (χ4v) is 2.97. The van der Waals surface area contributed by atoms with Crippen LogP contribution in [0.4, 0.5) is 5.69 Å². The Labute approximate surface area is 121 Å². The van der Waals surface area contributed by atoms with Crippen molar-refractivity contribution in [2.45, 2.75) is 24.9 Å². The van der Waals surface area contributed by atoms with Gasteiger partial charge in [0.15, 0.2) is 0 Å². The van der Waals surface area contributed by atoms with Gasteiger partial charge in [0, 0.05) is 32.5 Å². The lowest BCUT2D eigenvalue weighted by molar-refractivity contribution is -0.384. The van der Waals surface area contributed by atoms with Crippen LogP contribution in [0.15, 0.2) is 18.5 Å². The van der Waals surface area contributed by atoms with Gasteiger partial charge in [0.25, 0.3) is 5.69 Å². The highest BCUT2D eigenvalue weighted by Gasteiger charge is 2.39. The van der Waals surface area contributed by atoms with Crippen LogP contribution in [0.2, 0.25) is 0 Å². The van der Waals surface area contributed by atoms with Crippen molar-refractivity contribution >= 4 is 13.3 Å². The number of methoxy groups -OCH3 is 1. The highest BCUT2D eigenvalue weighted by Crippen LogP contribution is 2.44. The van der Waals surface area contributed by atoms with Gasteiger partial charge in [0.05, 0.1) is 23.8 Å². The number of hydrogen-bond donors (Lipinski definition) is 1. The maximum atomic E-state index is 11.4. The first-order chi connectivity index (χ1) is 9.80. The first kappa shape index (κ1) is 16.1. The van der Waals surface area contributed by atoms with E-state index in [-0.39, 0.29) is 12.3 Å². The lowest BCUT2D eigenvalue weighted by atomic mass is 10.2. The molecule has 0 saturated carbocycles. The van der Waals surface area contributed by atoms with Gasteiger partial charge in [-0.3, -0.25) is 14.7 Å². The summed E-state index contributed by atoms with van der Waals surface area (Å²) < 4.78 is 28.8. The minimum Gasteiger partial charge on any atom is -0.382 e. The molecule has 21 heavy (non-hydrogen) atoms. The second-order valence-electron chi connectivity index (χ2n) is 4.84. The molecule has 1 aromatic heterocycles. The van der Waals surface area contributed by atoms with Crippen LogP contribution in [-0.2, 0) is 18.6 Å². The average Bonchev–Trinajstić information content (AvgIpc) is 2.95. The number of nitrogens with zero attached hydrogens (tertiary/aromatic N) is 2. The van der Waals surface area contributed by atoms with Crippen molar-refractivity contribution in [3.8, 4) is 0 Å². The van der Waals surface area contributed by atoms with Crippen molar-refractivity contribution in [2.24, 2.45) is 0 Å². The molecule has 1 saturated heterocycles. The second-order valence-corrected chi connectivity index (χ2v) is 6.66. The summed E-state index contributed by atoms with van der Waals surface area (Å²) in [4.78, 5) is 19.5. The molecule has 2 heterocycles. The molecule has 0 radical (unpaired) electrons. The fourth-order valence-electron chi connectivity index (χ4n) is 2.25. The van der Waals surface area contributed by atoms with Crippen LogP contribution in [0, 0.1) is 10.1 Å². The molecule has 9 nitrogen and oxygen atoms in total. The molecule has 10 heteroatoms. The Morgan fingerprint density at radius 1 is 1.67 bits per heavy atom. The van der Waals surface area contributed by atoms with Gasteiger partial charge in [-0.05, 0) is 0 Å². The molecule has 0 amide bonds. The first-order valence-electron chi connectivity index (χ1n) is 6.25. The van der Waals surface area contributed by atoms with Crippen LogP contribution >= 0.6 is 7.60 Å². The molecule has 1 aromatic rings. The zero-order valence-electron chi connectivity index (χ0n) is 11.6. The molecular formula is C11H17N2O7P. The van der Waals surface area contributed by atoms with Crippen molar-refractivity contribution in [3.05, 3.63) is 28.6 Å². The quantitative estimate of drug-likeness (QED) is 0.480. The van der Waals surface area contributed by atoms with Crippen LogP contribution in [-0.4, -0.2) is 47.0 Å². The van der Waals surface area contributed by atoms with E-state index in [9.17, 15) is 19.6 Å². The van der Waals surface area contributed by atoms with Crippen LogP contribution in [0.5, 0.6) is 0 Å². The minimum absolute atomic E-state index is 0.0467. The maximum absolute atomic E-state index is 11.4. The summed E-state index contributed by atoms with van der Waals surface area (Å²) in [5.74, 6) is 0.